The second-order valence-electron chi connectivity index (χ2n) is 4.64. The predicted molar refractivity (Wildman–Crippen MR) is 49.4 cm³/mol. The van der Waals surface area contributed by atoms with Gasteiger partial charge in [-0.1, -0.05) is 0 Å². The lowest BCUT2D eigenvalue weighted by atomic mass is 10.3. The van der Waals surface area contributed by atoms with Crippen LogP contribution in [0.5, 0.6) is 0 Å². The third kappa shape index (κ3) is 9.92. The minimum absolute atomic E-state index is 0.752. The Bertz CT molecular complexity index is 92.2. The standard InChI is InChI=1S/C9H23N2/c1-9(2)10-7-6-8-11(3,4)5/h9-10H,6-8H2,1-5H3/q+1/p+1. The largest absolute Gasteiger partial charge is 0.344 e. The van der Waals surface area contributed by atoms with E-state index in [0.717, 1.165) is 10.5 Å². The van der Waals surface area contributed by atoms with Crippen LogP contribution in [-0.2, 0) is 0 Å². The van der Waals surface area contributed by atoms with Gasteiger partial charge in [-0.2, -0.15) is 0 Å². The number of hydrogen-bond acceptors (Lipinski definition) is 0. The number of hydrogen-bond donors (Lipinski definition) is 1. The SMILES string of the molecule is CC(C)[NH2+]CCC[N+](C)(C)C. The fraction of sp³-hybridized carbons (Fsp3) is 1.00. The third-order valence-electron chi connectivity index (χ3n) is 1.67. The van der Waals surface area contributed by atoms with Crippen LogP contribution >= 0.6 is 0 Å². The maximum Gasteiger partial charge on any atom is 0.0834 e. The second kappa shape index (κ2) is 4.73. The molecule has 0 bridgehead atoms. The average Bonchev–Trinajstić information content (AvgIpc) is 1.78. The molecule has 0 aromatic rings. The Labute approximate surface area is 71.2 Å². The Hall–Kier alpha value is -0.0800. The molecule has 0 aliphatic rings. The Morgan fingerprint density at radius 2 is 1.73 bits per heavy atom. The topological polar surface area (TPSA) is 16.6 Å². The number of nitrogens with zero attached hydrogens (tertiary/aromatic N) is 1. The fourth-order valence-corrected chi connectivity index (χ4v) is 1.02. The molecule has 0 radical (unpaired) electrons. The van der Waals surface area contributed by atoms with E-state index in [4.69, 9.17) is 0 Å². The molecule has 0 aliphatic carbocycles. The van der Waals surface area contributed by atoms with Gasteiger partial charge in [0.1, 0.15) is 0 Å². The van der Waals surface area contributed by atoms with Gasteiger partial charge in [0.15, 0.2) is 0 Å². The number of nitrogens with two attached hydrogens (primary N) is 1. The maximum atomic E-state index is 2.40. The van der Waals surface area contributed by atoms with Crippen molar-refractivity contribution in [3.05, 3.63) is 0 Å². The Balaban J connectivity index is 3.15. The molecule has 0 unspecified atom stereocenters. The number of quaternary nitrogens is 2. The molecule has 0 atom stereocenters. The van der Waals surface area contributed by atoms with Gasteiger partial charge in [0.2, 0.25) is 0 Å². The first-order chi connectivity index (χ1) is 4.92. The van der Waals surface area contributed by atoms with Gasteiger partial charge in [-0.3, -0.25) is 0 Å². The van der Waals surface area contributed by atoms with Gasteiger partial charge >= 0.3 is 0 Å². The van der Waals surface area contributed by atoms with Crippen LogP contribution in [0.25, 0.3) is 0 Å². The average molecular weight is 160 g/mol. The Morgan fingerprint density at radius 1 is 1.18 bits per heavy atom. The van der Waals surface area contributed by atoms with Crippen LogP contribution < -0.4 is 5.32 Å². The van der Waals surface area contributed by atoms with Crippen LogP contribution in [0.4, 0.5) is 0 Å². The first-order valence-electron chi connectivity index (χ1n) is 4.55. The summed E-state index contributed by atoms with van der Waals surface area (Å²) in [6.45, 7) is 7.04. The van der Waals surface area contributed by atoms with Crippen molar-refractivity contribution in [2.75, 3.05) is 34.2 Å². The lowest BCUT2D eigenvalue weighted by molar-refractivity contribution is -0.872. The molecule has 0 heterocycles. The van der Waals surface area contributed by atoms with Gasteiger partial charge in [0.05, 0.1) is 40.3 Å². The summed E-state index contributed by atoms with van der Waals surface area (Å²) < 4.78 is 1.09. The molecule has 0 spiro atoms. The molecule has 2 nitrogen and oxygen atoms in total. The van der Waals surface area contributed by atoms with Crippen molar-refractivity contribution in [3.63, 3.8) is 0 Å². The third-order valence-corrected chi connectivity index (χ3v) is 1.67. The molecule has 68 valence electrons. The first kappa shape index (κ1) is 10.9. The molecule has 0 aromatic heterocycles. The van der Waals surface area contributed by atoms with E-state index in [0.29, 0.717) is 0 Å². The maximum absolute atomic E-state index is 2.40. The van der Waals surface area contributed by atoms with Gasteiger partial charge in [-0.25, -0.2) is 0 Å². The van der Waals surface area contributed by atoms with Crippen LogP contribution in [0.15, 0.2) is 0 Å². The molecule has 0 fully saturated rings. The fourth-order valence-electron chi connectivity index (χ4n) is 1.02. The zero-order chi connectivity index (χ0) is 8.91. The summed E-state index contributed by atoms with van der Waals surface area (Å²) in [5, 5.41) is 2.40. The zero-order valence-corrected chi connectivity index (χ0v) is 8.72. The van der Waals surface area contributed by atoms with E-state index >= 15 is 0 Å². The lowest BCUT2D eigenvalue weighted by Gasteiger charge is -2.23. The lowest BCUT2D eigenvalue weighted by Crippen LogP contribution is -2.88. The van der Waals surface area contributed by atoms with E-state index < -0.39 is 0 Å². The van der Waals surface area contributed by atoms with E-state index in [1.165, 1.54) is 19.5 Å². The van der Waals surface area contributed by atoms with Crippen molar-refractivity contribution >= 4 is 0 Å². The molecule has 0 aromatic carbocycles. The minimum Gasteiger partial charge on any atom is -0.344 e. The smallest absolute Gasteiger partial charge is 0.0834 e. The molecule has 11 heavy (non-hydrogen) atoms. The van der Waals surface area contributed by atoms with Crippen LogP contribution in [-0.4, -0.2) is 44.8 Å². The van der Waals surface area contributed by atoms with Crippen LogP contribution in [0.3, 0.4) is 0 Å². The van der Waals surface area contributed by atoms with Gasteiger partial charge in [0, 0.05) is 6.42 Å². The van der Waals surface area contributed by atoms with Crippen molar-refractivity contribution < 1.29 is 9.80 Å². The van der Waals surface area contributed by atoms with Crippen LogP contribution in [0, 0.1) is 0 Å². The van der Waals surface area contributed by atoms with E-state index in [9.17, 15) is 0 Å². The monoisotopic (exact) mass is 160 g/mol. The highest BCUT2D eigenvalue weighted by Crippen LogP contribution is 1.90. The van der Waals surface area contributed by atoms with Crippen molar-refractivity contribution in [2.45, 2.75) is 26.3 Å². The first-order valence-corrected chi connectivity index (χ1v) is 4.55. The molecular weight excluding hydrogens is 136 g/mol. The summed E-state index contributed by atoms with van der Waals surface area (Å²) >= 11 is 0. The quantitative estimate of drug-likeness (QED) is 0.432. The van der Waals surface area contributed by atoms with Crippen LogP contribution in [0.2, 0.25) is 0 Å². The molecule has 2 heteroatoms. The van der Waals surface area contributed by atoms with Crippen molar-refractivity contribution in [2.24, 2.45) is 0 Å². The van der Waals surface area contributed by atoms with E-state index in [1.54, 1.807) is 0 Å². The summed E-state index contributed by atoms with van der Waals surface area (Å²) in [7, 11) is 6.74. The van der Waals surface area contributed by atoms with Crippen molar-refractivity contribution in [1.29, 1.82) is 0 Å². The minimum atomic E-state index is 0.752. The van der Waals surface area contributed by atoms with E-state index in [1.807, 2.05) is 0 Å². The summed E-state index contributed by atoms with van der Waals surface area (Å²) in [5.41, 5.74) is 0. The normalized spacial score (nSPS) is 12.5. The highest BCUT2D eigenvalue weighted by molar-refractivity contribution is 4.32. The second-order valence-corrected chi connectivity index (χ2v) is 4.64. The highest BCUT2D eigenvalue weighted by atomic mass is 15.3. The van der Waals surface area contributed by atoms with Crippen LogP contribution in [0.1, 0.15) is 20.3 Å². The summed E-state index contributed by atoms with van der Waals surface area (Å²) in [5.74, 6) is 0. The van der Waals surface area contributed by atoms with Gasteiger partial charge in [-0.15, -0.1) is 0 Å². The molecule has 0 saturated carbocycles. The van der Waals surface area contributed by atoms with Gasteiger partial charge < -0.3 is 9.80 Å². The molecule has 0 amide bonds. The summed E-state index contributed by atoms with van der Waals surface area (Å²) in [4.78, 5) is 0. The predicted octanol–water partition coefficient (Wildman–Crippen LogP) is 0.0545. The highest BCUT2D eigenvalue weighted by Gasteiger charge is 2.06. The summed E-state index contributed by atoms with van der Waals surface area (Å²) in [6, 6.07) is 0.752. The van der Waals surface area contributed by atoms with Crippen molar-refractivity contribution in [1.82, 2.24) is 0 Å². The van der Waals surface area contributed by atoms with E-state index in [2.05, 4.69) is 40.3 Å². The summed E-state index contributed by atoms with van der Waals surface area (Å²) in [6.07, 6.45) is 1.32. The Kier molecular flexibility index (Phi) is 4.69. The van der Waals surface area contributed by atoms with Gasteiger partial charge in [-0.05, 0) is 13.8 Å². The molecule has 0 saturated heterocycles. The molecule has 0 aliphatic heterocycles. The molecule has 0 rings (SSSR count). The molecular formula is C9H24N2+2. The van der Waals surface area contributed by atoms with Gasteiger partial charge in [0.25, 0.3) is 0 Å². The zero-order valence-electron chi connectivity index (χ0n) is 8.72. The van der Waals surface area contributed by atoms with E-state index in [-0.39, 0.29) is 0 Å². The number of rotatable bonds is 5. The van der Waals surface area contributed by atoms with Crippen molar-refractivity contribution in [3.8, 4) is 0 Å². The molecule has 2 N–H and O–H groups in total. The Morgan fingerprint density at radius 3 is 2.09 bits per heavy atom.